The normalized spacial score (nSPS) is 12.7. The van der Waals surface area contributed by atoms with E-state index in [2.05, 4.69) is 186 Å². The molecule has 4 nitrogen and oxygen atoms in total. The van der Waals surface area contributed by atoms with Crippen LogP contribution < -0.4 is 10.4 Å². The molecule has 6 aromatic heterocycles. The molecule has 410 valence electrons. The second-order valence-corrected chi connectivity index (χ2v) is 34.1. The van der Waals surface area contributed by atoms with Crippen LogP contribution in [0.1, 0.15) is 70.0 Å². The van der Waals surface area contributed by atoms with Crippen molar-refractivity contribution in [2.24, 2.45) is 0 Å². The van der Waals surface area contributed by atoms with Crippen molar-refractivity contribution in [2.75, 3.05) is 0 Å². The van der Waals surface area contributed by atoms with E-state index >= 15 is 0 Å². The summed E-state index contributed by atoms with van der Waals surface area (Å²) < 4.78 is 48.8. The van der Waals surface area contributed by atoms with Gasteiger partial charge in [0.15, 0.2) is 0 Å². The van der Waals surface area contributed by atoms with Gasteiger partial charge in [-0.15, -0.1) is 118 Å². The van der Waals surface area contributed by atoms with Crippen molar-refractivity contribution in [1.82, 2.24) is 19.9 Å². The van der Waals surface area contributed by atoms with Crippen LogP contribution in [0.4, 0.5) is 0 Å². The van der Waals surface area contributed by atoms with Gasteiger partial charge in [0.25, 0.3) is 0 Å². The summed E-state index contributed by atoms with van der Waals surface area (Å²) in [6.07, 6.45) is 6.80. The van der Waals surface area contributed by atoms with Crippen LogP contribution in [0.3, 0.4) is 0 Å². The number of thiophene rings is 2. The molecule has 0 saturated carbocycles. The molecule has 12 rings (SSSR count). The number of aryl methyl sites for hydroxylation is 2. The first-order chi connectivity index (χ1) is 39.9. The molecule has 0 fully saturated rings. The summed E-state index contributed by atoms with van der Waals surface area (Å²) in [5.41, 5.74) is 10.5. The zero-order chi connectivity index (χ0) is 60.1. The molecule has 0 spiro atoms. The number of benzene rings is 6. The van der Waals surface area contributed by atoms with Crippen LogP contribution in [0.5, 0.6) is 0 Å². The minimum absolute atomic E-state index is 0. The Balaban J connectivity index is 0.000000167. The zero-order valence-electron chi connectivity index (χ0n) is 52.7. The fourth-order valence-corrected chi connectivity index (χ4v) is 14.9. The fourth-order valence-electron chi connectivity index (χ4n) is 9.16. The fraction of sp³-hybridized carbons (Fsp3) is 0.200. The van der Waals surface area contributed by atoms with Crippen LogP contribution in [0, 0.1) is 38.0 Å². The average Bonchev–Trinajstić information content (AvgIpc) is 1.79. The Labute approximate surface area is 520 Å². The molecule has 0 atom stereocenters. The van der Waals surface area contributed by atoms with E-state index in [0.29, 0.717) is 11.8 Å². The largest absolute Gasteiger partial charge is 0.304 e. The number of nitrogens with zero attached hydrogens (tertiary/aromatic N) is 4. The first kappa shape index (κ1) is 53.4. The van der Waals surface area contributed by atoms with Crippen LogP contribution in [0.15, 0.2) is 183 Å². The Bertz CT molecular complexity index is 4070. The van der Waals surface area contributed by atoms with E-state index in [9.17, 15) is 0 Å². The molecule has 0 N–H and O–H groups in total. The van der Waals surface area contributed by atoms with E-state index in [1.807, 2.05) is 71.5 Å². The monoisotopic (exact) mass is 1480 g/mol. The predicted molar refractivity (Wildman–Crippen MR) is 343 cm³/mol. The summed E-state index contributed by atoms with van der Waals surface area (Å²) in [6, 6.07) is 65.4. The van der Waals surface area contributed by atoms with Gasteiger partial charge in [0, 0.05) is 90.7 Å². The van der Waals surface area contributed by atoms with Crippen LogP contribution in [-0.2, 0) is 40.2 Å². The molecule has 0 aliphatic carbocycles. The van der Waals surface area contributed by atoms with Gasteiger partial charge in [-0.3, -0.25) is 0 Å². The SMILES string of the molecule is CC(C)c1ccc(-c2[c-]cc([Si](C)(C)C)c3c2sc2ccccc23)nc1.CC(C)c1ccc(-c2[c-]ccc3c2sc2cccc([Si](C)(C)C)c23)nc1.[2H]C([2H])([2H])c1ccc(-c2[c-]cccc2)nc1.[2H]C([2H])([2H])c1ccc(-c2[c-]cccc2)nc1.[Ir].[Ir]. The summed E-state index contributed by atoms with van der Waals surface area (Å²) >= 11 is 3.75. The average molecular weight is 1480 g/mol. The first-order valence-electron chi connectivity index (χ1n) is 29.4. The van der Waals surface area contributed by atoms with Gasteiger partial charge in [-0.2, -0.15) is 22.7 Å². The number of fused-ring (bicyclic) bond motifs is 6. The summed E-state index contributed by atoms with van der Waals surface area (Å²) in [5.74, 6) is 0.999. The van der Waals surface area contributed by atoms with Gasteiger partial charge in [-0.05, 0) is 103 Å². The molecular weight excluding hydrogens is 1400 g/mol. The number of aromatic nitrogens is 4. The van der Waals surface area contributed by atoms with Crippen LogP contribution in [-0.4, -0.2) is 36.1 Å². The molecule has 0 bridgehead atoms. The number of hydrogen-bond donors (Lipinski definition) is 0. The maximum atomic E-state index is 7.23. The number of hydrogen-bond acceptors (Lipinski definition) is 6. The second kappa shape index (κ2) is 27.2. The summed E-state index contributed by atoms with van der Waals surface area (Å²) in [6.45, 7) is 19.1. The second-order valence-electron chi connectivity index (χ2n) is 21.9. The van der Waals surface area contributed by atoms with Gasteiger partial charge < -0.3 is 19.9 Å². The van der Waals surface area contributed by atoms with E-state index in [1.54, 1.807) is 41.6 Å². The molecule has 0 aliphatic rings. The Morgan fingerprint density at radius 2 is 0.925 bits per heavy atom. The van der Waals surface area contributed by atoms with Crippen LogP contribution in [0.2, 0.25) is 39.3 Å². The van der Waals surface area contributed by atoms with E-state index in [4.69, 9.17) is 18.2 Å². The Kier molecular flexibility index (Phi) is 18.2. The zero-order valence-corrected chi connectivity index (χ0v) is 55.2. The van der Waals surface area contributed by atoms with Crippen molar-refractivity contribution in [3.63, 3.8) is 0 Å². The quantitative estimate of drug-likeness (QED) is 0.112. The Morgan fingerprint density at radius 1 is 0.425 bits per heavy atom. The third kappa shape index (κ3) is 14.6. The minimum atomic E-state index is -2.09. The molecule has 6 aromatic carbocycles. The topological polar surface area (TPSA) is 51.6 Å². The molecular formula is C70H68Ir2N4S2Si2-4. The number of pyridine rings is 4. The molecule has 0 amide bonds. The number of rotatable bonds is 8. The van der Waals surface area contributed by atoms with Gasteiger partial charge in [0.05, 0.1) is 8.07 Å². The van der Waals surface area contributed by atoms with Gasteiger partial charge in [-0.1, -0.05) is 162 Å². The van der Waals surface area contributed by atoms with Crippen LogP contribution in [0.25, 0.3) is 85.4 Å². The molecule has 0 aliphatic heterocycles. The Hall–Kier alpha value is -5.91. The predicted octanol–water partition coefficient (Wildman–Crippen LogP) is 18.9. The van der Waals surface area contributed by atoms with Gasteiger partial charge in [0.1, 0.15) is 0 Å². The molecule has 6 heterocycles. The van der Waals surface area contributed by atoms with Crippen LogP contribution >= 0.6 is 22.7 Å². The van der Waals surface area contributed by atoms with E-state index < -0.39 is 29.9 Å². The molecule has 0 unspecified atom stereocenters. The molecule has 2 radical (unpaired) electrons. The molecule has 12 aromatic rings. The van der Waals surface area contributed by atoms with Gasteiger partial charge in [0.2, 0.25) is 0 Å². The van der Waals surface area contributed by atoms with Crippen molar-refractivity contribution < 1.29 is 48.4 Å². The van der Waals surface area contributed by atoms with Crippen molar-refractivity contribution in [2.45, 2.75) is 92.5 Å². The van der Waals surface area contributed by atoms with E-state index in [-0.39, 0.29) is 51.3 Å². The summed E-state index contributed by atoms with van der Waals surface area (Å²) in [5, 5.41) is 8.63. The maximum absolute atomic E-state index is 7.23. The van der Waals surface area contributed by atoms with Gasteiger partial charge in [-0.25, -0.2) is 0 Å². The Morgan fingerprint density at radius 3 is 1.40 bits per heavy atom. The maximum Gasteiger partial charge on any atom is 0.0783 e. The molecule has 0 saturated heterocycles. The van der Waals surface area contributed by atoms with E-state index in [0.717, 1.165) is 45.0 Å². The summed E-state index contributed by atoms with van der Waals surface area (Å²) in [4.78, 5) is 17.8. The first-order valence-corrected chi connectivity index (χ1v) is 35.0. The smallest absolute Gasteiger partial charge is 0.0783 e. The van der Waals surface area contributed by atoms with E-state index in [1.165, 1.54) is 69.1 Å². The van der Waals surface area contributed by atoms with Crippen molar-refractivity contribution in [3.8, 4) is 45.0 Å². The molecule has 10 heteroatoms. The molecule has 80 heavy (non-hydrogen) atoms. The summed E-state index contributed by atoms with van der Waals surface area (Å²) in [7, 11) is -2.89. The van der Waals surface area contributed by atoms with Gasteiger partial charge >= 0.3 is 0 Å². The van der Waals surface area contributed by atoms with Crippen molar-refractivity contribution in [3.05, 3.63) is 229 Å². The third-order valence-corrected chi connectivity index (χ3v) is 19.9. The minimum Gasteiger partial charge on any atom is -0.304 e. The van der Waals surface area contributed by atoms with Crippen molar-refractivity contribution >= 4 is 89.5 Å². The van der Waals surface area contributed by atoms with Crippen molar-refractivity contribution in [1.29, 1.82) is 0 Å². The third-order valence-electron chi connectivity index (χ3n) is 13.4. The standard InChI is InChI=1S/2C23H24NSSi.2C12H10N.2Ir/c1-15(2)16-12-13-19(24-14-16)17-8-6-9-18-22-20(25-23(17)18)10-7-11-21(22)26(3,4)5;1-15(2)16-10-12-19(24-14-16)17-11-13-21(26(3,4)5)22-18-8-6-7-9-20(18)25-23(17)22;2*1-10-7-8-12(13-9-10)11-5-3-2-4-6-11;;/h6-7,9-15H,1-5H3;6-10,12-15H,1-5H3;2*2-5,7-9H,1H3;;/q4*-1;;/i;;2*1D3;;.